The lowest BCUT2D eigenvalue weighted by Gasteiger charge is -2.07. The number of thiazole rings is 1. The van der Waals surface area contributed by atoms with Gasteiger partial charge in [-0.15, -0.1) is 11.3 Å². The molecule has 0 fully saturated rings. The topological polar surface area (TPSA) is 114 Å². The second-order valence-corrected chi connectivity index (χ2v) is 6.87. The summed E-state index contributed by atoms with van der Waals surface area (Å²) in [5, 5.41) is 7.41. The van der Waals surface area contributed by atoms with Gasteiger partial charge in [0.15, 0.2) is 5.13 Å². The largest absolute Gasteiger partial charge is 0.366 e. The monoisotopic (exact) mass is 406 g/mol. The Labute approximate surface area is 171 Å². The third-order valence-corrected chi connectivity index (χ3v) is 4.62. The molecule has 3 rings (SSSR count). The number of nitrogens with zero attached hydrogens (tertiary/aromatic N) is 1. The van der Waals surface area contributed by atoms with E-state index in [1.807, 2.05) is 30.3 Å². The van der Waals surface area contributed by atoms with Crippen LogP contribution in [0.15, 0.2) is 66.1 Å². The molecule has 1 aromatic heterocycles. The van der Waals surface area contributed by atoms with Crippen molar-refractivity contribution in [3.8, 4) is 0 Å². The van der Waals surface area contributed by atoms with E-state index >= 15 is 0 Å². The number of para-hydroxylation sites is 1. The first-order chi connectivity index (χ1) is 14.0. The number of anilines is 2. The lowest BCUT2D eigenvalue weighted by molar-refractivity contribution is -0.115. The molecule has 4 N–H and O–H groups in total. The van der Waals surface area contributed by atoms with E-state index in [1.54, 1.807) is 29.7 Å². The Bertz CT molecular complexity index is 1060. The first-order valence-electron chi connectivity index (χ1n) is 8.68. The molecule has 1 heterocycles. The molecule has 0 atom stereocenters. The number of rotatable bonds is 7. The minimum atomic E-state index is -0.622. The fraction of sp³-hybridized carbons (Fsp3) is 0.0476. The highest BCUT2D eigenvalue weighted by Gasteiger charge is 2.13. The highest BCUT2D eigenvalue weighted by atomic mass is 32.1. The normalized spacial score (nSPS) is 10.6. The average Bonchev–Trinajstić information content (AvgIpc) is 3.14. The maximum atomic E-state index is 12.3. The van der Waals surface area contributed by atoms with E-state index in [0.717, 1.165) is 5.56 Å². The fourth-order valence-corrected chi connectivity index (χ4v) is 3.21. The molecule has 0 bridgehead atoms. The number of primary amides is 1. The van der Waals surface area contributed by atoms with Crippen molar-refractivity contribution in [1.82, 2.24) is 4.98 Å². The van der Waals surface area contributed by atoms with E-state index < -0.39 is 5.91 Å². The lowest BCUT2D eigenvalue weighted by atomic mass is 10.1. The summed E-state index contributed by atoms with van der Waals surface area (Å²) in [4.78, 5) is 39.9. The fourth-order valence-electron chi connectivity index (χ4n) is 2.49. The van der Waals surface area contributed by atoms with Crippen molar-refractivity contribution in [2.24, 2.45) is 5.73 Å². The lowest BCUT2D eigenvalue weighted by Crippen LogP contribution is -2.19. The summed E-state index contributed by atoms with van der Waals surface area (Å²) >= 11 is 1.22. The molecule has 0 aliphatic heterocycles. The van der Waals surface area contributed by atoms with Crippen LogP contribution in [0.25, 0.3) is 6.08 Å². The molecule has 146 valence electrons. The number of benzene rings is 2. The van der Waals surface area contributed by atoms with E-state index in [0.29, 0.717) is 16.5 Å². The summed E-state index contributed by atoms with van der Waals surface area (Å²) in [6.45, 7) is 0. The van der Waals surface area contributed by atoms with Gasteiger partial charge in [-0.1, -0.05) is 42.5 Å². The highest BCUT2D eigenvalue weighted by molar-refractivity contribution is 7.14. The van der Waals surface area contributed by atoms with E-state index in [4.69, 9.17) is 5.73 Å². The van der Waals surface area contributed by atoms with Crippen molar-refractivity contribution in [3.05, 3.63) is 82.9 Å². The van der Waals surface area contributed by atoms with Crippen molar-refractivity contribution < 1.29 is 14.4 Å². The molecule has 0 aliphatic carbocycles. The second-order valence-electron chi connectivity index (χ2n) is 6.01. The maximum absolute atomic E-state index is 12.3. The molecule has 0 unspecified atom stereocenters. The van der Waals surface area contributed by atoms with Crippen LogP contribution >= 0.6 is 11.3 Å². The van der Waals surface area contributed by atoms with Crippen LogP contribution in [-0.2, 0) is 16.0 Å². The molecule has 8 heteroatoms. The van der Waals surface area contributed by atoms with Gasteiger partial charge in [-0.05, 0) is 23.8 Å². The molecule has 0 spiro atoms. The molecule has 3 aromatic rings. The van der Waals surface area contributed by atoms with Crippen LogP contribution in [0.2, 0.25) is 0 Å². The second kappa shape index (κ2) is 9.43. The van der Waals surface area contributed by atoms with Gasteiger partial charge >= 0.3 is 0 Å². The van der Waals surface area contributed by atoms with Crippen LogP contribution in [0, 0.1) is 0 Å². The SMILES string of the molecule is NC(=O)c1ccccc1NC(=O)Cc1csc(NC(=O)/C=C/c2ccccc2)n1. The zero-order valence-electron chi connectivity index (χ0n) is 15.3. The van der Waals surface area contributed by atoms with Gasteiger partial charge in [0.05, 0.1) is 23.4 Å². The van der Waals surface area contributed by atoms with Gasteiger partial charge in [0.2, 0.25) is 11.8 Å². The predicted octanol–water partition coefficient (Wildman–Crippen LogP) is 3.08. The van der Waals surface area contributed by atoms with Crippen LogP contribution in [0.5, 0.6) is 0 Å². The van der Waals surface area contributed by atoms with Crippen LogP contribution < -0.4 is 16.4 Å². The Hall–Kier alpha value is -3.78. The zero-order chi connectivity index (χ0) is 20.6. The quantitative estimate of drug-likeness (QED) is 0.523. The van der Waals surface area contributed by atoms with Gasteiger partial charge in [-0.3, -0.25) is 19.7 Å². The summed E-state index contributed by atoms with van der Waals surface area (Å²) in [5.74, 6) is -1.27. The molecule has 0 saturated heterocycles. The van der Waals surface area contributed by atoms with Crippen molar-refractivity contribution >= 4 is 46.0 Å². The first kappa shape index (κ1) is 20.0. The highest BCUT2D eigenvalue weighted by Crippen LogP contribution is 2.18. The number of aromatic nitrogens is 1. The van der Waals surface area contributed by atoms with E-state index in [2.05, 4.69) is 15.6 Å². The summed E-state index contributed by atoms with van der Waals surface area (Å²) in [7, 11) is 0. The number of nitrogens with two attached hydrogens (primary N) is 1. The summed E-state index contributed by atoms with van der Waals surface area (Å²) < 4.78 is 0. The number of hydrogen-bond acceptors (Lipinski definition) is 5. The van der Waals surface area contributed by atoms with Gasteiger partial charge in [0.1, 0.15) is 0 Å². The van der Waals surface area contributed by atoms with Crippen molar-refractivity contribution in [1.29, 1.82) is 0 Å². The smallest absolute Gasteiger partial charge is 0.250 e. The average molecular weight is 406 g/mol. The minimum absolute atomic E-state index is 0.000673. The molecular formula is C21H18N4O3S. The summed E-state index contributed by atoms with van der Waals surface area (Å²) in [5.41, 5.74) is 7.31. The number of carbonyl (C=O) groups is 3. The minimum Gasteiger partial charge on any atom is -0.366 e. The molecule has 0 radical (unpaired) electrons. The molecule has 0 saturated carbocycles. The Morgan fingerprint density at radius 1 is 1.00 bits per heavy atom. The maximum Gasteiger partial charge on any atom is 0.250 e. The predicted molar refractivity (Wildman–Crippen MR) is 114 cm³/mol. The Morgan fingerprint density at radius 2 is 1.72 bits per heavy atom. The van der Waals surface area contributed by atoms with Gasteiger partial charge in [0.25, 0.3) is 5.91 Å². The van der Waals surface area contributed by atoms with Gasteiger partial charge in [-0.2, -0.15) is 0 Å². The van der Waals surface area contributed by atoms with Crippen molar-refractivity contribution in [2.45, 2.75) is 6.42 Å². The standard InChI is InChI=1S/C21H18N4O3S/c22-20(28)16-8-4-5-9-17(16)24-19(27)12-15-13-29-21(23-15)25-18(26)11-10-14-6-2-1-3-7-14/h1-11,13H,12H2,(H2,22,28)(H,24,27)(H,23,25,26)/b11-10+. The Kier molecular flexibility index (Phi) is 6.49. The number of amides is 3. The van der Waals surface area contributed by atoms with E-state index in [1.165, 1.54) is 23.5 Å². The summed E-state index contributed by atoms with van der Waals surface area (Å²) in [6.07, 6.45) is 3.12. The van der Waals surface area contributed by atoms with Crippen molar-refractivity contribution in [2.75, 3.05) is 10.6 Å². The van der Waals surface area contributed by atoms with Crippen LogP contribution in [0.3, 0.4) is 0 Å². The molecule has 0 aliphatic rings. The molecule has 2 aromatic carbocycles. The molecule has 3 amide bonds. The van der Waals surface area contributed by atoms with E-state index in [-0.39, 0.29) is 23.8 Å². The molecule has 29 heavy (non-hydrogen) atoms. The van der Waals surface area contributed by atoms with Crippen LogP contribution in [0.1, 0.15) is 21.6 Å². The first-order valence-corrected chi connectivity index (χ1v) is 9.56. The number of carbonyl (C=O) groups excluding carboxylic acids is 3. The molecule has 7 nitrogen and oxygen atoms in total. The third-order valence-electron chi connectivity index (χ3n) is 3.82. The van der Waals surface area contributed by atoms with Gasteiger partial charge < -0.3 is 11.1 Å². The zero-order valence-corrected chi connectivity index (χ0v) is 16.1. The van der Waals surface area contributed by atoms with Gasteiger partial charge in [-0.25, -0.2) is 4.98 Å². The Balaban J connectivity index is 1.56. The number of hydrogen-bond donors (Lipinski definition) is 3. The van der Waals surface area contributed by atoms with Crippen molar-refractivity contribution in [3.63, 3.8) is 0 Å². The van der Waals surface area contributed by atoms with Crippen LogP contribution in [-0.4, -0.2) is 22.7 Å². The molecular weight excluding hydrogens is 388 g/mol. The third kappa shape index (κ3) is 5.85. The van der Waals surface area contributed by atoms with E-state index in [9.17, 15) is 14.4 Å². The van der Waals surface area contributed by atoms with Crippen LogP contribution in [0.4, 0.5) is 10.8 Å². The number of nitrogens with one attached hydrogen (secondary N) is 2. The summed E-state index contributed by atoms with van der Waals surface area (Å²) in [6, 6.07) is 16.0. The van der Waals surface area contributed by atoms with Gasteiger partial charge in [0, 0.05) is 11.5 Å². The Morgan fingerprint density at radius 3 is 2.48 bits per heavy atom.